The largest absolute Gasteiger partial charge is 0.492 e. The molecule has 2 aliphatic heterocycles. The topological polar surface area (TPSA) is 73.4 Å². The minimum Gasteiger partial charge on any atom is -0.492 e. The number of aromatic nitrogens is 1. The molecule has 0 saturated carbocycles. The Morgan fingerprint density at radius 1 is 1.20 bits per heavy atom. The van der Waals surface area contributed by atoms with Gasteiger partial charge in [0.15, 0.2) is 16.6 Å². The van der Waals surface area contributed by atoms with Gasteiger partial charge in [-0.1, -0.05) is 23.5 Å². The fourth-order valence-electron chi connectivity index (χ4n) is 3.94. The highest BCUT2D eigenvalue weighted by atomic mass is 35.5. The molecule has 1 saturated heterocycles. The van der Waals surface area contributed by atoms with E-state index in [0.29, 0.717) is 24.0 Å². The van der Waals surface area contributed by atoms with Crippen LogP contribution in [0.15, 0.2) is 42.5 Å². The van der Waals surface area contributed by atoms with Crippen molar-refractivity contribution in [2.24, 2.45) is 0 Å². The fraction of sp³-hybridized carbons (Fsp3) is 0.360. The van der Waals surface area contributed by atoms with Crippen LogP contribution >= 0.6 is 23.7 Å². The maximum atomic E-state index is 13.4. The van der Waals surface area contributed by atoms with Gasteiger partial charge in [-0.3, -0.25) is 14.6 Å². The van der Waals surface area contributed by atoms with E-state index in [2.05, 4.69) is 4.90 Å². The van der Waals surface area contributed by atoms with Crippen molar-refractivity contribution in [1.82, 2.24) is 9.88 Å². The van der Waals surface area contributed by atoms with Crippen molar-refractivity contribution in [3.8, 4) is 17.2 Å². The number of ether oxygens (including phenoxy) is 4. The monoisotopic (exact) mass is 517 g/mol. The molecule has 5 rings (SSSR count). The zero-order valence-corrected chi connectivity index (χ0v) is 21.1. The Labute approximate surface area is 214 Å². The van der Waals surface area contributed by atoms with Crippen molar-refractivity contribution < 1.29 is 23.7 Å². The molecule has 0 radical (unpaired) electrons. The minimum atomic E-state index is -0.122. The van der Waals surface area contributed by atoms with E-state index in [-0.39, 0.29) is 25.1 Å². The Morgan fingerprint density at radius 2 is 2.03 bits per heavy atom. The van der Waals surface area contributed by atoms with Gasteiger partial charge in [0.2, 0.25) is 6.79 Å². The van der Waals surface area contributed by atoms with E-state index < -0.39 is 0 Å². The fourth-order valence-corrected chi connectivity index (χ4v) is 4.95. The first-order valence-corrected chi connectivity index (χ1v) is 12.2. The number of carbonyl (C=O) groups is 1. The quantitative estimate of drug-likeness (QED) is 0.414. The molecule has 1 aromatic heterocycles. The number of hydrogen-bond donors (Lipinski definition) is 0. The van der Waals surface area contributed by atoms with Crippen LogP contribution in [0.4, 0.5) is 5.13 Å². The van der Waals surface area contributed by atoms with E-state index in [1.54, 1.807) is 17.1 Å². The number of fused-ring (bicyclic) bond motifs is 2. The lowest BCUT2D eigenvalue weighted by atomic mass is 10.2. The molecule has 0 spiro atoms. The summed E-state index contributed by atoms with van der Waals surface area (Å²) < 4.78 is 23.0. The maximum absolute atomic E-state index is 13.4. The number of halogens is 1. The third-order valence-electron chi connectivity index (χ3n) is 5.73. The van der Waals surface area contributed by atoms with Crippen molar-refractivity contribution in [3.05, 3.63) is 48.0 Å². The molecule has 10 heteroatoms. The first-order chi connectivity index (χ1) is 16.7. The summed E-state index contributed by atoms with van der Waals surface area (Å²) >= 11 is 1.50. The second kappa shape index (κ2) is 11.7. The third-order valence-corrected chi connectivity index (χ3v) is 6.77. The molecule has 0 bridgehead atoms. The molecule has 186 valence electrons. The van der Waals surface area contributed by atoms with Crippen LogP contribution in [-0.2, 0) is 9.53 Å². The molecule has 8 nitrogen and oxygen atoms in total. The van der Waals surface area contributed by atoms with Crippen LogP contribution in [0.1, 0.15) is 12.5 Å². The first kappa shape index (κ1) is 25.2. The van der Waals surface area contributed by atoms with Gasteiger partial charge < -0.3 is 18.9 Å². The third kappa shape index (κ3) is 5.87. The number of benzene rings is 2. The summed E-state index contributed by atoms with van der Waals surface area (Å²) in [5.41, 5.74) is 1.65. The van der Waals surface area contributed by atoms with E-state index in [9.17, 15) is 4.79 Å². The molecule has 2 aromatic carbocycles. The predicted octanol–water partition coefficient (Wildman–Crippen LogP) is 4.22. The molecule has 1 fully saturated rings. The summed E-state index contributed by atoms with van der Waals surface area (Å²) in [6.07, 6.45) is 3.39. The highest BCUT2D eigenvalue weighted by Crippen LogP contribution is 2.35. The second-order valence-corrected chi connectivity index (χ2v) is 8.93. The number of anilines is 1. The molecule has 0 aliphatic carbocycles. The molecule has 3 aromatic rings. The number of amides is 1. The van der Waals surface area contributed by atoms with Crippen molar-refractivity contribution in [2.45, 2.75) is 6.92 Å². The Morgan fingerprint density at radius 3 is 2.86 bits per heavy atom. The number of morpholine rings is 1. The Kier molecular flexibility index (Phi) is 8.46. The summed E-state index contributed by atoms with van der Waals surface area (Å²) in [4.78, 5) is 22.2. The summed E-state index contributed by atoms with van der Waals surface area (Å²) in [5.74, 6) is 2.02. The Bertz CT molecular complexity index is 1200. The summed E-state index contributed by atoms with van der Waals surface area (Å²) in [5, 5.41) is 0.663. The van der Waals surface area contributed by atoms with E-state index in [0.717, 1.165) is 60.1 Å². The van der Waals surface area contributed by atoms with Crippen LogP contribution in [0.3, 0.4) is 0 Å². The number of carbonyl (C=O) groups excluding carboxylic acids is 1. The van der Waals surface area contributed by atoms with Gasteiger partial charge in [-0.25, -0.2) is 4.98 Å². The highest BCUT2D eigenvalue weighted by Gasteiger charge is 2.21. The van der Waals surface area contributed by atoms with Crippen molar-refractivity contribution in [2.75, 3.05) is 57.7 Å². The number of nitrogens with zero attached hydrogens (tertiary/aromatic N) is 3. The number of rotatable bonds is 8. The molecule has 1 amide bonds. The molecule has 0 atom stereocenters. The van der Waals surface area contributed by atoms with Crippen LogP contribution in [0.5, 0.6) is 17.2 Å². The van der Waals surface area contributed by atoms with Crippen LogP contribution < -0.4 is 19.1 Å². The lowest BCUT2D eigenvalue weighted by molar-refractivity contribution is -0.114. The summed E-state index contributed by atoms with van der Waals surface area (Å²) in [6, 6.07) is 11.5. The van der Waals surface area contributed by atoms with Gasteiger partial charge in [0, 0.05) is 32.3 Å². The second-order valence-electron chi connectivity index (χ2n) is 7.92. The van der Waals surface area contributed by atoms with E-state index >= 15 is 0 Å². The van der Waals surface area contributed by atoms with Crippen LogP contribution in [0, 0.1) is 0 Å². The molecular formula is C25H28ClN3O5S. The van der Waals surface area contributed by atoms with Gasteiger partial charge in [-0.15, -0.1) is 12.4 Å². The van der Waals surface area contributed by atoms with Crippen molar-refractivity contribution in [3.63, 3.8) is 0 Å². The zero-order valence-electron chi connectivity index (χ0n) is 19.5. The van der Waals surface area contributed by atoms with Crippen molar-refractivity contribution in [1.29, 1.82) is 0 Å². The summed E-state index contributed by atoms with van der Waals surface area (Å²) in [7, 11) is 0. The average Bonchev–Trinajstić information content (AvgIpc) is 3.51. The van der Waals surface area contributed by atoms with Gasteiger partial charge in [-0.2, -0.15) is 0 Å². The SMILES string of the molecule is CCOc1cccc2sc(N(CCN3CCOCC3)C(=O)/C=C/c3ccc4c(c3)OCO4)nc12.Cl. The van der Waals surface area contributed by atoms with Crippen LogP contribution in [0.25, 0.3) is 16.3 Å². The van der Waals surface area contributed by atoms with E-state index in [4.69, 9.17) is 23.9 Å². The van der Waals surface area contributed by atoms with Crippen LogP contribution in [0.2, 0.25) is 0 Å². The predicted molar refractivity (Wildman–Crippen MR) is 139 cm³/mol. The number of thiazole rings is 1. The van der Waals surface area contributed by atoms with E-state index in [1.165, 1.54) is 11.3 Å². The smallest absolute Gasteiger partial charge is 0.252 e. The maximum Gasteiger partial charge on any atom is 0.252 e. The lowest BCUT2D eigenvalue weighted by Crippen LogP contribution is -2.42. The molecule has 3 heterocycles. The van der Waals surface area contributed by atoms with Gasteiger partial charge in [0.25, 0.3) is 5.91 Å². The standard InChI is InChI=1S/C25H27N3O5S.ClH/c1-2-31-20-4-3-5-22-24(20)26-25(34-22)28(11-10-27-12-14-30-15-13-27)23(29)9-7-18-6-8-19-21(16-18)33-17-32-19;/h3-9,16H,2,10-15,17H2,1H3;1H/b9-7+;. The Hall–Kier alpha value is -2.85. The molecule has 35 heavy (non-hydrogen) atoms. The molecular weight excluding hydrogens is 490 g/mol. The Balaban J connectivity index is 0.00000289. The first-order valence-electron chi connectivity index (χ1n) is 11.4. The van der Waals surface area contributed by atoms with Gasteiger partial charge in [-0.05, 0) is 42.8 Å². The van der Waals surface area contributed by atoms with E-state index in [1.807, 2.05) is 43.3 Å². The molecule has 2 aliphatic rings. The molecule has 0 unspecified atom stereocenters. The summed E-state index contributed by atoms with van der Waals surface area (Å²) in [6.45, 7) is 7.18. The average molecular weight is 518 g/mol. The lowest BCUT2D eigenvalue weighted by Gasteiger charge is -2.28. The van der Waals surface area contributed by atoms with Crippen molar-refractivity contribution >= 4 is 51.1 Å². The number of para-hydroxylation sites is 1. The normalized spacial score (nSPS) is 15.3. The van der Waals surface area contributed by atoms with Gasteiger partial charge in [0.1, 0.15) is 11.3 Å². The van der Waals surface area contributed by atoms with Crippen LogP contribution in [-0.4, -0.2) is 68.6 Å². The minimum absolute atomic E-state index is 0. The molecule has 0 N–H and O–H groups in total. The van der Waals surface area contributed by atoms with Gasteiger partial charge in [0.05, 0.1) is 24.5 Å². The van der Waals surface area contributed by atoms with Gasteiger partial charge >= 0.3 is 0 Å². The zero-order chi connectivity index (χ0) is 23.3. The number of hydrogen-bond acceptors (Lipinski definition) is 8. The highest BCUT2D eigenvalue weighted by molar-refractivity contribution is 7.22.